The summed E-state index contributed by atoms with van der Waals surface area (Å²) in [5, 5.41) is 12.1. The van der Waals surface area contributed by atoms with E-state index in [1.54, 1.807) is 18.9 Å². The molecule has 0 radical (unpaired) electrons. The Labute approximate surface area is 179 Å². The van der Waals surface area contributed by atoms with Crippen LogP contribution in [0.5, 0.6) is 5.75 Å². The quantitative estimate of drug-likeness (QED) is 0.513. The van der Waals surface area contributed by atoms with E-state index < -0.39 is 0 Å². The van der Waals surface area contributed by atoms with E-state index in [2.05, 4.69) is 46.7 Å². The Morgan fingerprint density at radius 2 is 1.86 bits per heavy atom. The lowest BCUT2D eigenvalue weighted by Crippen LogP contribution is -2.15. The number of carbonyl (C=O) groups excluding carboxylic acids is 1. The zero-order chi connectivity index (χ0) is 20.6. The van der Waals surface area contributed by atoms with Crippen LogP contribution in [0.2, 0.25) is 0 Å². The number of anilines is 1. The van der Waals surface area contributed by atoms with Crippen LogP contribution in [-0.2, 0) is 23.3 Å². The number of benzene rings is 2. The molecule has 0 saturated heterocycles. The molecule has 3 rings (SSSR count). The molecule has 8 heteroatoms. The molecule has 0 aliphatic heterocycles. The smallest absolute Gasteiger partial charge is 0.234 e. The monoisotopic (exact) mass is 428 g/mol. The molecule has 0 unspecified atom stereocenters. The van der Waals surface area contributed by atoms with Crippen molar-refractivity contribution in [1.82, 2.24) is 14.8 Å². The predicted molar refractivity (Wildman–Crippen MR) is 120 cm³/mol. The molecule has 0 saturated carbocycles. The summed E-state index contributed by atoms with van der Waals surface area (Å²) in [6.45, 7) is 2.09. The van der Waals surface area contributed by atoms with Crippen LogP contribution >= 0.6 is 23.5 Å². The van der Waals surface area contributed by atoms with E-state index in [0.717, 1.165) is 22.5 Å². The first kappa shape index (κ1) is 21.3. The highest BCUT2D eigenvalue weighted by Gasteiger charge is 2.13. The second-order valence-electron chi connectivity index (χ2n) is 6.47. The average Bonchev–Trinajstić information content (AvgIpc) is 3.08. The summed E-state index contributed by atoms with van der Waals surface area (Å²) in [6, 6.07) is 15.9. The van der Waals surface area contributed by atoms with Crippen molar-refractivity contribution in [3.8, 4) is 5.75 Å². The molecule has 152 valence electrons. The van der Waals surface area contributed by atoms with Gasteiger partial charge in [0.05, 0.1) is 24.3 Å². The first-order valence-corrected chi connectivity index (χ1v) is 11.3. The molecule has 2 aromatic carbocycles. The summed E-state index contributed by atoms with van der Waals surface area (Å²) in [6.07, 6.45) is 0. The second-order valence-corrected chi connectivity index (χ2v) is 8.40. The molecule has 0 aliphatic carbocycles. The minimum atomic E-state index is -0.113. The van der Waals surface area contributed by atoms with Crippen LogP contribution in [0.4, 0.5) is 5.69 Å². The first-order valence-electron chi connectivity index (χ1n) is 9.14. The molecule has 0 bridgehead atoms. The third kappa shape index (κ3) is 6.01. The van der Waals surface area contributed by atoms with Crippen LogP contribution in [-0.4, -0.2) is 33.5 Å². The Bertz CT molecular complexity index is 958. The van der Waals surface area contributed by atoms with Crippen LogP contribution in [0, 0.1) is 6.92 Å². The van der Waals surface area contributed by atoms with Crippen molar-refractivity contribution in [2.24, 2.45) is 7.05 Å². The average molecular weight is 429 g/mol. The Hall–Kier alpha value is -2.45. The van der Waals surface area contributed by atoms with Crippen molar-refractivity contribution >= 4 is 35.1 Å². The highest BCUT2D eigenvalue weighted by molar-refractivity contribution is 7.99. The molecule has 1 heterocycles. The summed E-state index contributed by atoms with van der Waals surface area (Å²) in [4.78, 5) is 12.3. The van der Waals surface area contributed by atoms with Gasteiger partial charge >= 0.3 is 0 Å². The molecule has 0 fully saturated rings. The number of hydrogen-bond acceptors (Lipinski definition) is 6. The van der Waals surface area contributed by atoms with Crippen LogP contribution in [0.25, 0.3) is 0 Å². The molecule has 1 amide bonds. The van der Waals surface area contributed by atoms with Crippen molar-refractivity contribution in [3.05, 3.63) is 65.5 Å². The van der Waals surface area contributed by atoms with Gasteiger partial charge in [-0.2, -0.15) is 0 Å². The van der Waals surface area contributed by atoms with Crippen molar-refractivity contribution in [2.45, 2.75) is 23.6 Å². The highest BCUT2D eigenvalue weighted by Crippen LogP contribution is 2.24. The number of nitrogens with zero attached hydrogens (tertiary/aromatic N) is 3. The van der Waals surface area contributed by atoms with E-state index in [-0.39, 0.29) is 11.7 Å². The molecule has 3 aromatic rings. The van der Waals surface area contributed by atoms with Gasteiger partial charge in [-0.3, -0.25) is 4.79 Å². The SMILES string of the molecule is COc1ccccc1NC(=O)CSc1nnc(CSCc2ccc(C)cc2)n1C. The molecule has 1 N–H and O–H groups in total. The zero-order valence-corrected chi connectivity index (χ0v) is 18.3. The number of thioether (sulfide) groups is 2. The number of nitrogens with one attached hydrogen (secondary N) is 1. The number of ether oxygens (including phenoxy) is 1. The van der Waals surface area contributed by atoms with Gasteiger partial charge in [0.15, 0.2) is 5.16 Å². The highest BCUT2D eigenvalue weighted by atomic mass is 32.2. The topological polar surface area (TPSA) is 69.0 Å². The van der Waals surface area contributed by atoms with E-state index >= 15 is 0 Å². The third-order valence-corrected chi connectivity index (χ3v) is 6.28. The lowest BCUT2D eigenvalue weighted by Gasteiger charge is -2.09. The number of hydrogen-bond donors (Lipinski definition) is 1. The normalized spacial score (nSPS) is 10.7. The van der Waals surface area contributed by atoms with Crippen molar-refractivity contribution < 1.29 is 9.53 Å². The van der Waals surface area contributed by atoms with E-state index in [9.17, 15) is 4.79 Å². The minimum absolute atomic E-state index is 0.113. The van der Waals surface area contributed by atoms with Crippen LogP contribution in [0.1, 0.15) is 17.0 Å². The molecule has 0 aliphatic rings. The van der Waals surface area contributed by atoms with Gasteiger partial charge in [0.25, 0.3) is 0 Å². The molecule has 0 atom stereocenters. The fraction of sp³-hybridized carbons (Fsp3) is 0.286. The van der Waals surface area contributed by atoms with Gasteiger partial charge in [-0.15, -0.1) is 22.0 Å². The number of carbonyl (C=O) groups is 1. The molecular formula is C21H24N4O2S2. The van der Waals surface area contributed by atoms with Gasteiger partial charge in [-0.1, -0.05) is 53.7 Å². The maximum Gasteiger partial charge on any atom is 0.234 e. The molecule has 1 aromatic heterocycles. The number of aromatic nitrogens is 3. The molecule has 29 heavy (non-hydrogen) atoms. The Balaban J connectivity index is 1.48. The number of amides is 1. The van der Waals surface area contributed by atoms with E-state index in [4.69, 9.17) is 4.74 Å². The number of rotatable bonds is 9. The summed E-state index contributed by atoms with van der Waals surface area (Å²) in [5.41, 5.74) is 3.22. The number of methoxy groups -OCH3 is 1. The number of aryl methyl sites for hydroxylation is 1. The maximum absolute atomic E-state index is 12.3. The summed E-state index contributed by atoms with van der Waals surface area (Å²) in [5.74, 6) is 3.37. The Morgan fingerprint density at radius 3 is 2.62 bits per heavy atom. The van der Waals surface area contributed by atoms with Gasteiger partial charge in [-0.05, 0) is 24.6 Å². The van der Waals surface area contributed by atoms with Gasteiger partial charge in [0.1, 0.15) is 11.6 Å². The van der Waals surface area contributed by atoms with Gasteiger partial charge < -0.3 is 14.6 Å². The van der Waals surface area contributed by atoms with Gasteiger partial charge in [0, 0.05) is 12.8 Å². The van der Waals surface area contributed by atoms with Crippen molar-refractivity contribution in [3.63, 3.8) is 0 Å². The van der Waals surface area contributed by atoms with Gasteiger partial charge in [-0.25, -0.2) is 0 Å². The standard InChI is InChI=1S/C21H24N4O2S2/c1-15-8-10-16(11-9-15)12-28-13-19-23-24-21(25(19)2)29-14-20(26)22-17-6-4-5-7-18(17)27-3/h4-11H,12-14H2,1-3H3,(H,22,26). The predicted octanol–water partition coefficient (Wildman–Crippen LogP) is 4.30. The molecule has 6 nitrogen and oxygen atoms in total. The van der Waals surface area contributed by atoms with Crippen LogP contribution in [0.3, 0.4) is 0 Å². The summed E-state index contributed by atoms with van der Waals surface area (Å²) in [7, 11) is 3.51. The zero-order valence-electron chi connectivity index (χ0n) is 16.7. The summed E-state index contributed by atoms with van der Waals surface area (Å²) < 4.78 is 7.20. The summed E-state index contributed by atoms with van der Waals surface area (Å²) >= 11 is 3.16. The largest absolute Gasteiger partial charge is 0.495 e. The fourth-order valence-corrected chi connectivity index (χ4v) is 4.30. The van der Waals surface area contributed by atoms with Crippen molar-refractivity contribution in [2.75, 3.05) is 18.2 Å². The lowest BCUT2D eigenvalue weighted by atomic mass is 10.2. The minimum Gasteiger partial charge on any atom is -0.495 e. The Morgan fingerprint density at radius 1 is 1.10 bits per heavy atom. The Kier molecular flexibility index (Phi) is 7.60. The van der Waals surface area contributed by atoms with E-state index in [0.29, 0.717) is 11.4 Å². The van der Waals surface area contributed by atoms with Gasteiger partial charge in [0.2, 0.25) is 5.91 Å². The van der Waals surface area contributed by atoms with E-state index in [1.165, 1.54) is 22.9 Å². The fourth-order valence-electron chi connectivity index (χ4n) is 2.61. The third-order valence-electron chi connectivity index (χ3n) is 4.26. The molecular weight excluding hydrogens is 404 g/mol. The van der Waals surface area contributed by atoms with Crippen molar-refractivity contribution in [1.29, 1.82) is 0 Å². The van der Waals surface area contributed by atoms with Crippen LogP contribution in [0.15, 0.2) is 53.7 Å². The van der Waals surface area contributed by atoms with Crippen LogP contribution < -0.4 is 10.1 Å². The first-order chi connectivity index (χ1) is 14.1. The molecule has 0 spiro atoms. The maximum atomic E-state index is 12.3. The lowest BCUT2D eigenvalue weighted by molar-refractivity contribution is -0.113. The van der Waals surface area contributed by atoms with E-state index in [1.807, 2.05) is 35.9 Å². The second kappa shape index (κ2) is 10.4. The number of para-hydroxylation sites is 2.